The summed E-state index contributed by atoms with van der Waals surface area (Å²) in [6.45, 7) is 2.28. The van der Waals surface area contributed by atoms with E-state index in [1.165, 1.54) is 0 Å². The fraction of sp³-hybridized carbons (Fsp3) is 0.350. The molecule has 0 saturated carbocycles. The number of nitrogens with one attached hydrogen (secondary N) is 1. The molecule has 3 aromatic rings. The normalized spacial score (nSPS) is 18.1. The van der Waals surface area contributed by atoms with Gasteiger partial charge >= 0.3 is 0 Å². The third-order valence-corrected chi connectivity index (χ3v) is 6.19. The molecular formula is C20H21N5O3S. The fourth-order valence-electron chi connectivity index (χ4n) is 3.65. The largest absolute Gasteiger partial charge is 0.454 e. The SMILES string of the molecule is O=C(NCc1ccc2c(c1)OCO2)C1CCCN(c2nnc(-n3cccc3)s2)C1. The maximum absolute atomic E-state index is 12.7. The summed E-state index contributed by atoms with van der Waals surface area (Å²) in [5, 5.41) is 13.4. The lowest BCUT2D eigenvalue weighted by atomic mass is 9.97. The van der Waals surface area contributed by atoms with Crippen molar-refractivity contribution < 1.29 is 14.3 Å². The van der Waals surface area contributed by atoms with Crippen LogP contribution in [0.1, 0.15) is 18.4 Å². The molecule has 2 aromatic heterocycles. The minimum absolute atomic E-state index is 0.0586. The minimum atomic E-state index is -0.0586. The molecule has 29 heavy (non-hydrogen) atoms. The average molecular weight is 411 g/mol. The predicted octanol–water partition coefficient (Wildman–Crippen LogP) is 2.59. The number of carbonyl (C=O) groups excluding carboxylic acids is 1. The number of benzene rings is 1. The van der Waals surface area contributed by atoms with Gasteiger partial charge in [-0.05, 0) is 42.7 Å². The second kappa shape index (κ2) is 7.75. The Hall–Kier alpha value is -3.07. The van der Waals surface area contributed by atoms with Gasteiger partial charge in [0.2, 0.25) is 23.0 Å². The van der Waals surface area contributed by atoms with E-state index in [-0.39, 0.29) is 18.6 Å². The lowest BCUT2D eigenvalue weighted by Crippen LogP contribution is -2.43. The Labute approximate surface area is 172 Å². The van der Waals surface area contributed by atoms with Crippen molar-refractivity contribution in [1.29, 1.82) is 0 Å². The zero-order chi connectivity index (χ0) is 19.6. The van der Waals surface area contributed by atoms with Crippen LogP contribution >= 0.6 is 11.3 Å². The molecule has 0 radical (unpaired) electrons. The standard InChI is InChI=1S/C20H21N5O3S/c26-18(21-11-14-5-6-16-17(10-14)28-13-27-16)15-4-3-9-25(12-15)20-23-22-19(29-20)24-7-1-2-8-24/h1-2,5-8,10,15H,3-4,9,11-13H2,(H,21,26). The number of hydrogen-bond acceptors (Lipinski definition) is 7. The van der Waals surface area contributed by atoms with E-state index >= 15 is 0 Å². The first-order chi connectivity index (χ1) is 14.3. The van der Waals surface area contributed by atoms with Crippen LogP contribution in [-0.2, 0) is 11.3 Å². The number of rotatable bonds is 5. The Morgan fingerprint density at radius 2 is 2.00 bits per heavy atom. The van der Waals surface area contributed by atoms with Crippen LogP contribution in [-0.4, -0.2) is 40.6 Å². The van der Waals surface area contributed by atoms with E-state index < -0.39 is 0 Å². The van der Waals surface area contributed by atoms with Gasteiger partial charge in [-0.25, -0.2) is 0 Å². The lowest BCUT2D eigenvalue weighted by molar-refractivity contribution is -0.125. The van der Waals surface area contributed by atoms with Gasteiger partial charge in [0, 0.05) is 32.0 Å². The van der Waals surface area contributed by atoms with Gasteiger partial charge in [0.25, 0.3) is 0 Å². The van der Waals surface area contributed by atoms with E-state index in [0.29, 0.717) is 13.1 Å². The smallest absolute Gasteiger partial charge is 0.231 e. The number of hydrogen-bond donors (Lipinski definition) is 1. The van der Waals surface area contributed by atoms with Gasteiger partial charge < -0.3 is 19.7 Å². The van der Waals surface area contributed by atoms with Gasteiger partial charge in [0.15, 0.2) is 11.5 Å². The Balaban J connectivity index is 1.20. The number of carbonyl (C=O) groups is 1. The zero-order valence-corrected chi connectivity index (χ0v) is 16.6. The molecule has 0 spiro atoms. The number of piperidine rings is 1. The molecule has 1 amide bonds. The molecule has 8 nitrogen and oxygen atoms in total. The molecule has 1 atom stereocenters. The second-order valence-electron chi connectivity index (χ2n) is 7.15. The number of fused-ring (bicyclic) bond motifs is 1. The van der Waals surface area contributed by atoms with Gasteiger partial charge in [-0.15, -0.1) is 10.2 Å². The van der Waals surface area contributed by atoms with Crippen molar-refractivity contribution in [3.63, 3.8) is 0 Å². The highest BCUT2D eigenvalue weighted by Gasteiger charge is 2.27. The summed E-state index contributed by atoms with van der Waals surface area (Å²) in [7, 11) is 0. The molecule has 0 aliphatic carbocycles. The van der Waals surface area contributed by atoms with Gasteiger partial charge in [-0.2, -0.15) is 0 Å². The highest BCUT2D eigenvalue weighted by molar-refractivity contribution is 7.17. The van der Waals surface area contributed by atoms with Crippen molar-refractivity contribution in [2.75, 3.05) is 24.8 Å². The number of aromatic nitrogens is 3. The van der Waals surface area contributed by atoms with Crippen molar-refractivity contribution in [3.05, 3.63) is 48.3 Å². The third-order valence-electron chi connectivity index (χ3n) is 5.20. The van der Waals surface area contributed by atoms with Crippen LogP contribution in [0.3, 0.4) is 0 Å². The summed E-state index contributed by atoms with van der Waals surface area (Å²) in [5.41, 5.74) is 0.996. The molecule has 1 aromatic carbocycles. The molecule has 4 heterocycles. The Bertz CT molecular complexity index is 1000. The molecule has 1 N–H and O–H groups in total. The van der Waals surface area contributed by atoms with Crippen molar-refractivity contribution in [2.24, 2.45) is 5.92 Å². The average Bonchev–Trinajstić information content (AvgIpc) is 3.52. The molecule has 1 unspecified atom stereocenters. The molecule has 150 valence electrons. The van der Waals surface area contributed by atoms with E-state index in [0.717, 1.165) is 46.7 Å². The molecule has 1 fully saturated rings. The second-order valence-corrected chi connectivity index (χ2v) is 8.08. The highest BCUT2D eigenvalue weighted by Crippen LogP contribution is 2.32. The minimum Gasteiger partial charge on any atom is -0.454 e. The first-order valence-corrected chi connectivity index (χ1v) is 10.5. The van der Waals surface area contributed by atoms with Crippen molar-refractivity contribution >= 4 is 22.4 Å². The molecular weight excluding hydrogens is 390 g/mol. The van der Waals surface area contributed by atoms with E-state index in [1.807, 2.05) is 47.3 Å². The number of nitrogens with zero attached hydrogens (tertiary/aromatic N) is 4. The van der Waals surface area contributed by atoms with Crippen LogP contribution in [0.2, 0.25) is 0 Å². The monoisotopic (exact) mass is 411 g/mol. The maximum atomic E-state index is 12.7. The van der Waals surface area contributed by atoms with Crippen LogP contribution in [0, 0.1) is 5.92 Å². The molecule has 9 heteroatoms. The quantitative estimate of drug-likeness (QED) is 0.695. The Morgan fingerprint density at radius 3 is 2.90 bits per heavy atom. The number of amides is 1. The van der Waals surface area contributed by atoms with Crippen LogP contribution in [0.25, 0.3) is 5.13 Å². The van der Waals surface area contributed by atoms with E-state index in [4.69, 9.17) is 9.47 Å². The summed E-state index contributed by atoms with van der Waals surface area (Å²) < 4.78 is 12.7. The van der Waals surface area contributed by atoms with Gasteiger partial charge in [0.1, 0.15) is 0 Å². The molecule has 2 aliphatic rings. The van der Waals surface area contributed by atoms with Gasteiger partial charge in [-0.3, -0.25) is 9.36 Å². The summed E-state index contributed by atoms with van der Waals surface area (Å²) in [5.74, 6) is 1.49. The van der Waals surface area contributed by atoms with E-state index in [9.17, 15) is 4.79 Å². The predicted molar refractivity (Wildman–Crippen MR) is 109 cm³/mol. The summed E-state index contributed by atoms with van der Waals surface area (Å²) >= 11 is 1.54. The van der Waals surface area contributed by atoms with Crippen molar-refractivity contribution in [3.8, 4) is 16.6 Å². The van der Waals surface area contributed by atoms with Gasteiger partial charge in [0.05, 0.1) is 5.92 Å². The van der Waals surface area contributed by atoms with Gasteiger partial charge in [-0.1, -0.05) is 17.4 Å². The summed E-state index contributed by atoms with van der Waals surface area (Å²) in [4.78, 5) is 14.9. The molecule has 0 bridgehead atoms. The van der Waals surface area contributed by atoms with Crippen LogP contribution in [0.5, 0.6) is 11.5 Å². The fourth-order valence-corrected chi connectivity index (χ4v) is 4.50. The lowest BCUT2D eigenvalue weighted by Gasteiger charge is -2.31. The first kappa shape index (κ1) is 18.0. The van der Waals surface area contributed by atoms with E-state index in [2.05, 4.69) is 20.4 Å². The number of anilines is 1. The maximum Gasteiger partial charge on any atom is 0.231 e. The Morgan fingerprint density at radius 1 is 1.17 bits per heavy atom. The highest BCUT2D eigenvalue weighted by atomic mass is 32.1. The third kappa shape index (κ3) is 3.77. The van der Waals surface area contributed by atoms with Crippen LogP contribution in [0.4, 0.5) is 5.13 Å². The molecule has 1 saturated heterocycles. The molecule has 2 aliphatic heterocycles. The number of ether oxygens (including phenoxy) is 2. The summed E-state index contributed by atoms with van der Waals surface area (Å²) in [6.07, 6.45) is 5.74. The molecule has 5 rings (SSSR count). The van der Waals surface area contributed by atoms with Crippen molar-refractivity contribution in [1.82, 2.24) is 20.1 Å². The topological polar surface area (TPSA) is 81.5 Å². The Kier molecular flexibility index (Phi) is 4.81. The van der Waals surface area contributed by atoms with Crippen molar-refractivity contribution in [2.45, 2.75) is 19.4 Å². The van der Waals surface area contributed by atoms with E-state index in [1.54, 1.807) is 11.3 Å². The van der Waals surface area contributed by atoms with Crippen LogP contribution < -0.4 is 19.7 Å². The summed E-state index contributed by atoms with van der Waals surface area (Å²) in [6, 6.07) is 9.67. The first-order valence-electron chi connectivity index (χ1n) is 9.64. The van der Waals surface area contributed by atoms with Crippen LogP contribution in [0.15, 0.2) is 42.7 Å². The zero-order valence-electron chi connectivity index (χ0n) is 15.8.